The molecule has 1 aromatic carbocycles. The molecule has 7 heteroatoms. The number of hydrogen-bond donors (Lipinski definition) is 2. The fourth-order valence-electron chi connectivity index (χ4n) is 2.12. The van der Waals surface area contributed by atoms with Gasteiger partial charge in [-0.2, -0.15) is 0 Å². The Bertz CT molecular complexity index is 527. The van der Waals surface area contributed by atoms with Gasteiger partial charge in [-0.25, -0.2) is 0 Å². The van der Waals surface area contributed by atoms with Crippen LogP contribution in [0, 0.1) is 5.41 Å². The SMILES string of the molecule is O=C(CCc1ccccc1OC(F)(F)F)NCC1(CO)CC1. The molecule has 122 valence electrons. The minimum atomic E-state index is -4.75. The quantitative estimate of drug-likeness (QED) is 0.812. The van der Waals surface area contributed by atoms with Crippen molar-refractivity contribution in [2.45, 2.75) is 32.0 Å². The summed E-state index contributed by atoms with van der Waals surface area (Å²) in [6, 6.07) is 5.78. The van der Waals surface area contributed by atoms with Crippen LogP contribution in [0.15, 0.2) is 24.3 Å². The van der Waals surface area contributed by atoms with Crippen molar-refractivity contribution in [3.63, 3.8) is 0 Å². The van der Waals surface area contributed by atoms with Gasteiger partial charge in [-0.15, -0.1) is 13.2 Å². The summed E-state index contributed by atoms with van der Waals surface area (Å²) in [4.78, 5) is 11.7. The van der Waals surface area contributed by atoms with Gasteiger partial charge in [0, 0.05) is 18.4 Å². The van der Waals surface area contributed by atoms with Gasteiger partial charge in [0.2, 0.25) is 5.91 Å². The van der Waals surface area contributed by atoms with Crippen LogP contribution in [0.2, 0.25) is 0 Å². The highest BCUT2D eigenvalue weighted by Crippen LogP contribution is 2.44. The Labute approximate surface area is 126 Å². The molecule has 0 unspecified atom stereocenters. The number of ether oxygens (including phenoxy) is 1. The van der Waals surface area contributed by atoms with Crippen molar-refractivity contribution in [3.8, 4) is 5.75 Å². The number of aliphatic hydroxyl groups excluding tert-OH is 1. The maximum Gasteiger partial charge on any atom is 0.573 e. The second-order valence-corrected chi connectivity index (χ2v) is 5.59. The number of aliphatic hydroxyl groups is 1. The molecular formula is C15H18F3NO3. The molecule has 1 aliphatic carbocycles. The van der Waals surface area contributed by atoms with E-state index in [1.54, 1.807) is 6.07 Å². The van der Waals surface area contributed by atoms with Gasteiger partial charge in [0.15, 0.2) is 0 Å². The molecule has 0 saturated heterocycles. The number of amides is 1. The standard InChI is InChI=1S/C15H18F3NO3/c16-15(17,18)22-12-4-2-1-3-11(12)5-6-13(21)19-9-14(10-20)7-8-14/h1-4,20H,5-10H2,(H,19,21). The molecule has 0 aromatic heterocycles. The first-order valence-electron chi connectivity index (χ1n) is 7.05. The monoisotopic (exact) mass is 317 g/mol. The summed E-state index contributed by atoms with van der Waals surface area (Å²) in [5.41, 5.74) is 0.144. The molecule has 0 atom stereocenters. The molecule has 0 bridgehead atoms. The molecule has 2 N–H and O–H groups in total. The molecule has 2 rings (SSSR count). The third-order valence-electron chi connectivity index (χ3n) is 3.77. The van der Waals surface area contributed by atoms with E-state index in [0.29, 0.717) is 12.1 Å². The number of hydrogen-bond acceptors (Lipinski definition) is 3. The zero-order valence-electron chi connectivity index (χ0n) is 11.9. The van der Waals surface area contributed by atoms with E-state index in [2.05, 4.69) is 10.1 Å². The number of benzene rings is 1. The summed E-state index contributed by atoms with van der Waals surface area (Å²) in [7, 11) is 0. The van der Waals surface area contributed by atoms with Crippen molar-refractivity contribution in [2.24, 2.45) is 5.41 Å². The summed E-state index contributed by atoms with van der Waals surface area (Å²) < 4.78 is 40.8. The maximum atomic E-state index is 12.3. The molecule has 0 radical (unpaired) electrons. The average Bonchev–Trinajstić information content (AvgIpc) is 3.23. The molecule has 0 spiro atoms. The Kier molecular flexibility index (Phi) is 4.95. The highest BCUT2D eigenvalue weighted by Gasteiger charge is 2.42. The number of carbonyl (C=O) groups is 1. The summed E-state index contributed by atoms with van der Waals surface area (Å²) in [5, 5.41) is 11.9. The van der Waals surface area contributed by atoms with Gasteiger partial charge < -0.3 is 15.2 Å². The summed E-state index contributed by atoms with van der Waals surface area (Å²) >= 11 is 0. The van der Waals surface area contributed by atoms with Crippen LogP contribution >= 0.6 is 0 Å². The molecule has 1 saturated carbocycles. The molecule has 1 aromatic rings. The normalized spacial score (nSPS) is 16.2. The van der Waals surface area contributed by atoms with Crippen LogP contribution in [0.5, 0.6) is 5.75 Å². The van der Waals surface area contributed by atoms with Crippen molar-refractivity contribution in [1.29, 1.82) is 0 Å². The summed E-state index contributed by atoms with van der Waals surface area (Å²) in [5.74, 6) is -0.529. The first-order chi connectivity index (χ1) is 10.3. The van der Waals surface area contributed by atoms with E-state index in [1.807, 2.05) is 0 Å². The predicted molar refractivity (Wildman–Crippen MR) is 73.2 cm³/mol. The van der Waals surface area contributed by atoms with Crippen LogP contribution in [0.1, 0.15) is 24.8 Å². The Morgan fingerprint density at radius 2 is 2.00 bits per heavy atom. The molecule has 4 nitrogen and oxygen atoms in total. The Morgan fingerprint density at radius 1 is 1.32 bits per heavy atom. The second kappa shape index (κ2) is 6.56. The third-order valence-corrected chi connectivity index (χ3v) is 3.77. The lowest BCUT2D eigenvalue weighted by atomic mass is 10.1. The van der Waals surface area contributed by atoms with Crippen molar-refractivity contribution in [2.75, 3.05) is 13.2 Å². The number of rotatable bonds is 7. The number of alkyl halides is 3. The fourth-order valence-corrected chi connectivity index (χ4v) is 2.12. The molecule has 0 heterocycles. The largest absolute Gasteiger partial charge is 0.573 e. The molecule has 1 amide bonds. The Morgan fingerprint density at radius 3 is 2.59 bits per heavy atom. The van der Waals surface area contributed by atoms with Gasteiger partial charge in [-0.1, -0.05) is 18.2 Å². The van der Waals surface area contributed by atoms with Gasteiger partial charge in [0.1, 0.15) is 5.75 Å². The summed E-state index contributed by atoms with van der Waals surface area (Å²) in [6.07, 6.45) is -2.76. The Balaban J connectivity index is 1.84. The van der Waals surface area contributed by atoms with Crippen LogP contribution in [0.3, 0.4) is 0 Å². The molecule has 0 aliphatic heterocycles. The lowest BCUT2D eigenvalue weighted by Crippen LogP contribution is -2.32. The topological polar surface area (TPSA) is 58.6 Å². The van der Waals surface area contributed by atoms with E-state index in [-0.39, 0.29) is 36.5 Å². The van der Waals surface area contributed by atoms with E-state index in [0.717, 1.165) is 12.8 Å². The highest BCUT2D eigenvalue weighted by atomic mass is 19.4. The van der Waals surface area contributed by atoms with Gasteiger partial charge in [0.05, 0.1) is 6.61 Å². The minimum absolute atomic E-state index is 0.0372. The van der Waals surface area contributed by atoms with Crippen LogP contribution in [0.25, 0.3) is 0 Å². The van der Waals surface area contributed by atoms with E-state index in [9.17, 15) is 18.0 Å². The smallest absolute Gasteiger partial charge is 0.406 e. The summed E-state index contributed by atoms with van der Waals surface area (Å²) in [6.45, 7) is 0.443. The molecule has 1 fully saturated rings. The van der Waals surface area contributed by atoms with Crippen molar-refractivity contribution in [1.82, 2.24) is 5.32 Å². The first-order valence-corrected chi connectivity index (χ1v) is 7.05. The average molecular weight is 317 g/mol. The van der Waals surface area contributed by atoms with Crippen molar-refractivity contribution < 1.29 is 27.8 Å². The van der Waals surface area contributed by atoms with Crippen LogP contribution in [0.4, 0.5) is 13.2 Å². The zero-order valence-corrected chi connectivity index (χ0v) is 11.9. The Hall–Kier alpha value is -1.76. The second-order valence-electron chi connectivity index (χ2n) is 5.59. The van der Waals surface area contributed by atoms with Gasteiger partial charge in [-0.05, 0) is 30.9 Å². The lowest BCUT2D eigenvalue weighted by molar-refractivity contribution is -0.274. The number of para-hydroxylation sites is 1. The number of halogens is 3. The number of aryl methyl sites for hydroxylation is 1. The minimum Gasteiger partial charge on any atom is -0.406 e. The maximum absolute atomic E-state index is 12.3. The molecule has 22 heavy (non-hydrogen) atoms. The van der Waals surface area contributed by atoms with E-state index in [1.165, 1.54) is 18.2 Å². The van der Waals surface area contributed by atoms with Crippen LogP contribution < -0.4 is 10.1 Å². The third kappa shape index (κ3) is 4.91. The molecule has 1 aliphatic rings. The van der Waals surface area contributed by atoms with E-state index >= 15 is 0 Å². The highest BCUT2D eigenvalue weighted by molar-refractivity contribution is 5.76. The van der Waals surface area contributed by atoms with Crippen LogP contribution in [-0.4, -0.2) is 30.5 Å². The number of nitrogens with one attached hydrogen (secondary N) is 1. The van der Waals surface area contributed by atoms with Gasteiger partial charge in [0.25, 0.3) is 0 Å². The first kappa shape index (κ1) is 16.6. The molecular weight excluding hydrogens is 299 g/mol. The van der Waals surface area contributed by atoms with Crippen molar-refractivity contribution in [3.05, 3.63) is 29.8 Å². The van der Waals surface area contributed by atoms with Gasteiger partial charge >= 0.3 is 6.36 Å². The fraction of sp³-hybridized carbons (Fsp3) is 0.533. The van der Waals surface area contributed by atoms with E-state index < -0.39 is 6.36 Å². The van der Waals surface area contributed by atoms with Crippen LogP contribution in [-0.2, 0) is 11.2 Å². The number of carbonyl (C=O) groups excluding carboxylic acids is 1. The zero-order chi connectivity index (χ0) is 16.2. The lowest BCUT2D eigenvalue weighted by Gasteiger charge is -2.14. The predicted octanol–water partition coefficient (Wildman–Crippen LogP) is 2.41. The van der Waals surface area contributed by atoms with Gasteiger partial charge in [-0.3, -0.25) is 4.79 Å². The van der Waals surface area contributed by atoms with Crippen molar-refractivity contribution >= 4 is 5.91 Å². The van der Waals surface area contributed by atoms with E-state index in [4.69, 9.17) is 5.11 Å².